The van der Waals surface area contributed by atoms with Gasteiger partial charge in [0.05, 0.1) is 30.6 Å². The fraction of sp³-hybridized carbons (Fsp3) is 0.583. The van der Waals surface area contributed by atoms with Crippen molar-refractivity contribution in [3.8, 4) is 0 Å². The predicted octanol–water partition coefficient (Wildman–Crippen LogP) is 4.30. The molecule has 6 nitrogen and oxygen atoms in total. The first-order valence-electron chi connectivity index (χ1n) is 11.3. The lowest BCUT2D eigenvalue weighted by Gasteiger charge is -2.29. The van der Waals surface area contributed by atoms with Crippen LogP contribution in [0.15, 0.2) is 24.4 Å². The Morgan fingerprint density at radius 1 is 1.33 bits per heavy atom. The third-order valence-corrected chi connectivity index (χ3v) is 6.21. The number of hydrogen-bond donors (Lipinski definition) is 1. The van der Waals surface area contributed by atoms with E-state index in [1.807, 2.05) is 16.7 Å². The normalized spacial score (nSPS) is 22.1. The Kier molecular flexibility index (Phi) is 6.85. The van der Waals surface area contributed by atoms with Crippen molar-refractivity contribution in [3.05, 3.63) is 41.4 Å². The molecular weight excluding hydrogens is 378 g/mol. The van der Waals surface area contributed by atoms with E-state index in [1.54, 1.807) is 0 Å². The molecule has 0 spiro atoms. The van der Waals surface area contributed by atoms with E-state index < -0.39 is 0 Å². The molecular formula is C24H33N3O3. The first-order chi connectivity index (χ1) is 14.7. The number of rotatable bonds is 7. The van der Waals surface area contributed by atoms with Crippen LogP contribution in [0.5, 0.6) is 0 Å². The summed E-state index contributed by atoms with van der Waals surface area (Å²) in [6, 6.07) is 4.18. The summed E-state index contributed by atoms with van der Waals surface area (Å²) in [6.45, 7) is 6.43. The summed E-state index contributed by atoms with van der Waals surface area (Å²) >= 11 is 0. The summed E-state index contributed by atoms with van der Waals surface area (Å²) in [5, 5.41) is 3.24. The van der Waals surface area contributed by atoms with E-state index in [0.29, 0.717) is 18.3 Å². The van der Waals surface area contributed by atoms with Crippen molar-refractivity contribution >= 4 is 17.1 Å². The van der Waals surface area contributed by atoms with Crippen LogP contribution in [0.2, 0.25) is 0 Å². The van der Waals surface area contributed by atoms with Crippen LogP contribution in [0.4, 0.5) is 0 Å². The van der Waals surface area contributed by atoms with Gasteiger partial charge < -0.3 is 19.2 Å². The first kappa shape index (κ1) is 21.1. The Bertz CT molecular complexity index is 910. The predicted molar refractivity (Wildman–Crippen MR) is 118 cm³/mol. The third kappa shape index (κ3) is 4.76. The number of nitrogens with one attached hydrogen (secondary N) is 1. The lowest BCUT2D eigenvalue weighted by molar-refractivity contribution is 0.0209. The van der Waals surface area contributed by atoms with Crippen molar-refractivity contribution in [2.45, 2.75) is 70.9 Å². The number of amides is 1. The van der Waals surface area contributed by atoms with Crippen LogP contribution in [0, 0.1) is 6.92 Å². The Morgan fingerprint density at radius 3 is 2.90 bits per heavy atom. The van der Waals surface area contributed by atoms with E-state index >= 15 is 0 Å². The van der Waals surface area contributed by atoms with Crippen molar-refractivity contribution in [1.82, 2.24) is 14.7 Å². The maximum absolute atomic E-state index is 13.0. The largest absolute Gasteiger partial charge is 0.378 e. The average molecular weight is 412 g/mol. The second-order valence-electron chi connectivity index (χ2n) is 8.43. The van der Waals surface area contributed by atoms with Crippen LogP contribution in [-0.2, 0) is 9.47 Å². The van der Waals surface area contributed by atoms with Gasteiger partial charge in [-0.3, -0.25) is 4.79 Å². The first-order valence-corrected chi connectivity index (χ1v) is 11.3. The van der Waals surface area contributed by atoms with Gasteiger partial charge in [-0.25, -0.2) is 4.98 Å². The van der Waals surface area contributed by atoms with Crippen molar-refractivity contribution < 1.29 is 14.3 Å². The van der Waals surface area contributed by atoms with Crippen molar-refractivity contribution in [2.75, 3.05) is 19.8 Å². The molecule has 2 aromatic heterocycles. The van der Waals surface area contributed by atoms with Gasteiger partial charge in [0.25, 0.3) is 5.91 Å². The van der Waals surface area contributed by atoms with Crippen molar-refractivity contribution in [2.24, 2.45) is 0 Å². The number of hydrogen-bond acceptors (Lipinski definition) is 4. The summed E-state index contributed by atoms with van der Waals surface area (Å²) in [7, 11) is 0. The van der Waals surface area contributed by atoms with Gasteiger partial charge in [-0.15, -0.1) is 0 Å². The zero-order valence-corrected chi connectivity index (χ0v) is 18.2. The molecule has 1 fully saturated rings. The SMILES string of the molecule is CCCCOC1CCC(NC(=O)c2ccn3c(C)cc(C4=CCOCC4)nc23)CC1. The van der Waals surface area contributed by atoms with Gasteiger partial charge in [0.1, 0.15) is 5.65 Å². The molecule has 2 aliphatic rings. The quantitative estimate of drug-likeness (QED) is 0.690. The van der Waals surface area contributed by atoms with E-state index in [4.69, 9.17) is 14.5 Å². The maximum atomic E-state index is 13.0. The molecule has 2 aromatic rings. The Hall–Kier alpha value is -2.18. The molecule has 30 heavy (non-hydrogen) atoms. The minimum Gasteiger partial charge on any atom is -0.378 e. The molecule has 0 saturated heterocycles. The van der Waals surface area contributed by atoms with Gasteiger partial charge in [0, 0.05) is 24.5 Å². The smallest absolute Gasteiger partial charge is 0.255 e. The zero-order valence-electron chi connectivity index (χ0n) is 18.2. The van der Waals surface area contributed by atoms with Gasteiger partial charge >= 0.3 is 0 Å². The number of aromatic nitrogens is 2. The van der Waals surface area contributed by atoms with Crippen molar-refractivity contribution in [1.29, 1.82) is 0 Å². The van der Waals surface area contributed by atoms with Crippen LogP contribution < -0.4 is 5.32 Å². The minimum absolute atomic E-state index is 0.0298. The second kappa shape index (κ2) is 9.75. The number of carbonyl (C=O) groups is 1. The molecule has 3 heterocycles. The van der Waals surface area contributed by atoms with Crippen LogP contribution in [0.1, 0.15) is 73.6 Å². The topological polar surface area (TPSA) is 64.9 Å². The van der Waals surface area contributed by atoms with E-state index in [0.717, 1.165) is 75.2 Å². The highest BCUT2D eigenvalue weighted by atomic mass is 16.5. The summed E-state index contributed by atoms with van der Waals surface area (Å²) in [4.78, 5) is 17.9. The van der Waals surface area contributed by atoms with Gasteiger partial charge in [-0.2, -0.15) is 0 Å². The minimum atomic E-state index is -0.0298. The third-order valence-electron chi connectivity index (χ3n) is 6.21. The molecule has 6 heteroatoms. The lowest BCUT2D eigenvalue weighted by atomic mass is 9.92. The highest BCUT2D eigenvalue weighted by molar-refractivity contribution is 6.00. The van der Waals surface area contributed by atoms with E-state index in [1.165, 1.54) is 5.57 Å². The summed E-state index contributed by atoms with van der Waals surface area (Å²) in [5.74, 6) is -0.0298. The highest BCUT2D eigenvalue weighted by Crippen LogP contribution is 2.25. The molecule has 162 valence electrons. The maximum Gasteiger partial charge on any atom is 0.255 e. The van der Waals surface area contributed by atoms with Crippen LogP contribution >= 0.6 is 0 Å². The fourth-order valence-corrected chi connectivity index (χ4v) is 4.37. The standard InChI is InChI=1S/C24H33N3O3/c1-3-4-13-30-20-7-5-19(6-8-20)25-24(28)21-9-12-27-17(2)16-22(26-23(21)27)18-10-14-29-15-11-18/h9-10,12,16,19-20H,3-8,11,13-15H2,1-2H3,(H,25,28). The molecule has 1 amide bonds. The average Bonchev–Trinajstić information content (AvgIpc) is 3.21. The molecule has 0 unspecified atom stereocenters. The molecule has 0 atom stereocenters. The zero-order chi connectivity index (χ0) is 20.9. The van der Waals surface area contributed by atoms with Gasteiger partial charge in [-0.05, 0) is 63.2 Å². The molecule has 0 bridgehead atoms. The number of carbonyl (C=O) groups excluding carboxylic acids is 1. The van der Waals surface area contributed by atoms with E-state index in [-0.39, 0.29) is 11.9 Å². The number of ether oxygens (including phenoxy) is 2. The number of nitrogens with zero attached hydrogens (tertiary/aromatic N) is 2. The van der Waals surface area contributed by atoms with Crippen LogP contribution in [0.25, 0.3) is 11.2 Å². The van der Waals surface area contributed by atoms with Crippen molar-refractivity contribution in [3.63, 3.8) is 0 Å². The molecule has 0 radical (unpaired) electrons. The summed E-state index contributed by atoms with van der Waals surface area (Å²) < 4.78 is 13.4. The molecule has 0 aromatic carbocycles. The molecule has 1 N–H and O–H groups in total. The van der Waals surface area contributed by atoms with E-state index in [9.17, 15) is 4.79 Å². The van der Waals surface area contributed by atoms with Gasteiger partial charge in [0.2, 0.25) is 0 Å². The summed E-state index contributed by atoms with van der Waals surface area (Å²) in [6.07, 6.45) is 11.5. The number of fused-ring (bicyclic) bond motifs is 1. The fourth-order valence-electron chi connectivity index (χ4n) is 4.37. The van der Waals surface area contributed by atoms with E-state index in [2.05, 4.69) is 31.3 Å². The lowest BCUT2D eigenvalue weighted by Crippen LogP contribution is -2.39. The highest BCUT2D eigenvalue weighted by Gasteiger charge is 2.24. The Labute approximate surface area is 178 Å². The second-order valence-corrected chi connectivity index (χ2v) is 8.43. The molecule has 1 aliphatic carbocycles. The molecule has 1 aliphatic heterocycles. The van der Waals surface area contributed by atoms with Gasteiger partial charge in [-0.1, -0.05) is 19.4 Å². The summed E-state index contributed by atoms with van der Waals surface area (Å²) in [5.41, 5.74) is 4.59. The van der Waals surface area contributed by atoms with Gasteiger partial charge in [0.15, 0.2) is 0 Å². The Balaban J connectivity index is 1.43. The molecule has 1 saturated carbocycles. The monoisotopic (exact) mass is 411 g/mol. The van der Waals surface area contributed by atoms with Crippen LogP contribution in [0.3, 0.4) is 0 Å². The number of unbranched alkanes of at least 4 members (excludes halogenated alkanes) is 1. The van der Waals surface area contributed by atoms with Crippen LogP contribution in [-0.4, -0.2) is 47.3 Å². The number of aryl methyl sites for hydroxylation is 1. The Morgan fingerprint density at radius 2 is 2.17 bits per heavy atom. The molecule has 4 rings (SSSR count).